The molecule has 1 heterocycles. The number of ether oxygens (including phenoxy) is 1. The van der Waals surface area contributed by atoms with E-state index in [1.807, 2.05) is 0 Å². The van der Waals surface area contributed by atoms with Gasteiger partial charge in [-0.15, -0.1) is 12.4 Å². The second-order valence-corrected chi connectivity index (χ2v) is 2.89. The molecule has 13 heavy (non-hydrogen) atoms. The molecule has 1 aromatic rings. The van der Waals surface area contributed by atoms with Gasteiger partial charge in [-0.2, -0.15) is 0 Å². The maximum atomic E-state index is 10.9. The first-order chi connectivity index (χ1) is 5.65. The maximum Gasteiger partial charge on any atom is 0.354 e. The Kier molecular flexibility index (Phi) is 4.72. The van der Waals surface area contributed by atoms with Crippen LogP contribution in [0.3, 0.4) is 0 Å². The Hall–Kier alpha value is -0.810. The smallest absolute Gasteiger partial charge is 0.354 e. The van der Waals surface area contributed by atoms with E-state index in [0.29, 0.717) is 4.47 Å². The number of nitrogens with one attached hydrogen (secondary N) is 1. The fourth-order valence-electron chi connectivity index (χ4n) is 0.685. The van der Waals surface area contributed by atoms with Gasteiger partial charge in [-0.1, -0.05) is 0 Å². The summed E-state index contributed by atoms with van der Waals surface area (Å²) in [5, 5.41) is 0. The van der Waals surface area contributed by atoms with Crippen LogP contribution in [-0.4, -0.2) is 18.1 Å². The van der Waals surface area contributed by atoms with Gasteiger partial charge in [0.15, 0.2) is 0 Å². The molecule has 1 aromatic heterocycles. The van der Waals surface area contributed by atoms with Gasteiger partial charge in [-0.3, -0.25) is 4.79 Å². The van der Waals surface area contributed by atoms with Crippen molar-refractivity contribution in [1.82, 2.24) is 4.98 Å². The van der Waals surface area contributed by atoms with E-state index in [2.05, 4.69) is 25.7 Å². The van der Waals surface area contributed by atoms with Crippen LogP contribution < -0.4 is 5.56 Å². The number of carbonyl (C=O) groups is 1. The Morgan fingerprint density at radius 3 is 2.62 bits per heavy atom. The first kappa shape index (κ1) is 12.2. The van der Waals surface area contributed by atoms with E-state index in [9.17, 15) is 9.59 Å². The molecule has 4 nitrogen and oxygen atoms in total. The molecule has 0 unspecified atom stereocenters. The van der Waals surface area contributed by atoms with E-state index in [-0.39, 0.29) is 23.7 Å². The highest BCUT2D eigenvalue weighted by molar-refractivity contribution is 9.10. The van der Waals surface area contributed by atoms with E-state index >= 15 is 0 Å². The number of aromatic amines is 1. The van der Waals surface area contributed by atoms with E-state index in [1.165, 1.54) is 19.2 Å². The zero-order valence-electron chi connectivity index (χ0n) is 6.67. The molecule has 0 aliphatic rings. The second kappa shape index (κ2) is 5.04. The average Bonchev–Trinajstić information content (AvgIpc) is 2.08. The predicted molar refractivity (Wildman–Crippen MR) is 53.4 cm³/mol. The average molecular weight is 268 g/mol. The summed E-state index contributed by atoms with van der Waals surface area (Å²) in [5.41, 5.74) is -0.205. The van der Waals surface area contributed by atoms with Crippen molar-refractivity contribution in [3.05, 3.63) is 32.7 Å². The van der Waals surface area contributed by atoms with Crippen molar-refractivity contribution in [1.29, 1.82) is 0 Å². The SMILES string of the molecule is COC(=O)c1ccc(Br)c(=O)[nH]1.Cl. The van der Waals surface area contributed by atoms with Gasteiger partial charge in [0, 0.05) is 0 Å². The van der Waals surface area contributed by atoms with Crippen molar-refractivity contribution < 1.29 is 9.53 Å². The zero-order valence-corrected chi connectivity index (χ0v) is 9.07. The van der Waals surface area contributed by atoms with Gasteiger partial charge in [0.1, 0.15) is 5.69 Å². The summed E-state index contributed by atoms with van der Waals surface area (Å²) in [7, 11) is 1.25. The second-order valence-electron chi connectivity index (χ2n) is 2.04. The lowest BCUT2D eigenvalue weighted by Gasteiger charge is -1.97. The van der Waals surface area contributed by atoms with Gasteiger partial charge in [0.05, 0.1) is 11.6 Å². The lowest BCUT2D eigenvalue weighted by atomic mass is 10.3. The summed E-state index contributed by atoms with van der Waals surface area (Å²) in [4.78, 5) is 24.2. The summed E-state index contributed by atoms with van der Waals surface area (Å²) < 4.78 is 4.79. The molecule has 1 rings (SSSR count). The number of carbonyl (C=O) groups excluding carboxylic acids is 1. The summed E-state index contributed by atoms with van der Waals surface area (Å²) in [6.45, 7) is 0. The molecule has 0 saturated carbocycles. The van der Waals surface area contributed by atoms with Crippen molar-refractivity contribution >= 4 is 34.3 Å². The molecule has 72 valence electrons. The normalized spacial score (nSPS) is 8.77. The number of halogens is 2. The van der Waals surface area contributed by atoms with Crippen LogP contribution >= 0.6 is 28.3 Å². The molecule has 0 radical (unpaired) electrons. The van der Waals surface area contributed by atoms with E-state index in [0.717, 1.165) is 0 Å². The topological polar surface area (TPSA) is 59.2 Å². The summed E-state index contributed by atoms with van der Waals surface area (Å²) in [6, 6.07) is 2.96. The van der Waals surface area contributed by atoms with Crippen molar-refractivity contribution in [2.75, 3.05) is 7.11 Å². The van der Waals surface area contributed by atoms with Gasteiger partial charge < -0.3 is 9.72 Å². The van der Waals surface area contributed by atoms with Gasteiger partial charge in [-0.05, 0) is 28.1 Å². The number of H-pyrrole nitrogens is 1. The maximum absolute atomic E-state index is 10.9. The quantitative estimate of drug-likeness (QED) is 0.782. The number of rotatable bonds is 1. The van der Waals surface area contributed by atoms with Crippen molar-refractivity contribution in [3.63, 3.8) is 0 Å². The number of pyridine rings is 1. The Morgan fingerprint density at radius 1 is 1.54 bits per heavy atom. The molecular formula is C7H7BrClNO3. The lowest BCUT2D eigenvalue weighted by Crippen LogP contribution is -2.13. The molecule has 0 spiro atoms. The Balaban J connectivity index is 0.00000144. The molecule has 0 fully saturated rings. The van der Waals surface area contributed by atoms with Crippen LogP contribution in [0.5, 0.6) is 0 Å². The largest absolute Gasteiger partial charge is 0.464 e. The molecule has 0 aromatic carbocycles. The molecular weight excluding hydrogens is 261 g/mol. The zero-order chi connectivity index (χ0) is 9.14. The number of aromatic nitrogens is 1. The summed E-state index contributed by atoms with van der Waals surface area (Å²) >= 11 is 3.00. The van der Waals surface area contributed by atoms with Crippen LogP contribution in [0.1, 0.15) is 10.5 Å². The molecule has 6 heteroatoms. The molecule has 0 amide bonds. The number of methoxy groups -OCH3 is 1. The van der Waals surface area contributed by atoms with Crippen molar-refractivity contribution in [2.24, 2.45) is 0 Å². The predicted octanol–water partition coefficient (Wildman–Crippen LogP) is 1.35. The molecule has 0 bridgehead atoms. The Morgan fingerprint density at radius 2 is 2.15 bits per heavy atom. The van der Waals surface area contributed by atoms with E-state index < -0.39 is 5.97 Å². The van der Waals surface area contributed by atoms with Crippen LogP contribution in [0.4, 0.5) is 0 Å². The van der Waals surface area contributed by atoms with Gasteiger partial charge >= 0.3 is 5.97 Å². The molecule has 0 aliphatic heterocycles. The van der Waals surface area contributed by atoms with Crippen LogP contribution in [0, 0.1) is 0 Å². The highest BCUT2D eigenvalue weighted by atomic mass is 79.9. The minimum absolute atomic E-state index is 0. The number of hydrogen-bond donors (Lipinski definition) is 1. The molecule has 0 saturated heterocycles. The van der Waals surface area contributed by atoms with Crippen LogP contribution in [0.2, 0.25) is 0 Å². The summed E-state index contributed by atoms with van der Waals surface area (Å²) in [5.74, 6) is -0.556. The Bertz CT molecular complexity index is 363. The highest BCUT2D eigenvalue weighted by Gasteiger charge is 2.06. The first-order valence-electron chi connectivity index (χ1n) is 3.12. The third-order valence-corrected chi connectivity index (χ3v) is 1.89. The van der Waals surface area contributed by atoms with Crippen LogP contribution in [0.25, 0.3) is 0 Å². The first-order valence-corrected chi connectivity index (χ1v) is 3.91. The van der Waals surface area contributed by atoms with Crippen LogP contribution in [-0.2, 0) is 4.74 Å². The summed E-state index contributed by atoms with van der Waals surface area (Å²) in [6.07, 6.45) is 0. The third-order valence-electron chi connectivity index (χ3n) is 1.27. The highest BCUT2D eigenvalue weighted by Crippen LogP contribution is 2.02. The molecule has 0 atom stereocenters. The fourth-order valence-corrected chi connectivity index (χ4v) is 0.916. The van der Waals surface area contributed by atoms with E-state index in [1.54, 1.807) is 0 Å². The minimum atomic E-state index is -0.556. The fraction of sp³-hybridized carbons (Fsp3) is 0.143. The van der Waals surface area contributed by atoms with Crippen LogP contribution in [0.15, 0.2) is 21.4 Å². The van der Waals surface area contributed by atoms with Gasteiger partial charge in [0.25, 0.3) is 5.56 Å². The lowest BCUT2D eigenvalue weighted by molar-refractivity contribution is 0.0593. The van der Waals surface area contributed by atoms with Crippen molar-refractivity contribution in [2.45, 2.75) is 0 Å². The van der Waals surface area contributed by atoms with Gasteiger partial charge in [0.2, 0.25) is 0 Å². The molecule has 1 N–H and O–H groups in total. The monoisotopic (exact) mass is 267 g/mol. The third kappa shape index (κ3) is 2.86. The molecule has 0 aliphatic carbocycles. The standard InChI is InChI=1S/C7H6BrNO3.ClH/c1-12-7(11)5-3-2-4(8)6(10)9-5;/h2-3H,1H3,(H,9,10);1H. The number of esters is 1. The minimum Gasteiger partial charge on any atom is -0.464 e. The van der Waals surface area contributed by atoms with Crippen molar-refractivity contribution in [3.8, 4) is 0 Å². The van der Waals surface area contributed by atoms with Gasteiger partial charge in [-0.25, -0.2) is 4.79 Å². The number of hydrogen-bond acceptors (Lipinski definition) is 3. The Labute approximate surface area is 88.8 Å². The van der Waals surface area contributed by atoms with E-state index in [4.69, 9.17) is 0 Å².